The fourth-order valence-electron chi connectivity index (χ4n) is 1.14. The van der Waals surface area contributed by atoms with Crippen LogP contribution < -0.4 is 5.73 Å². The summed E-state index contributed by atoms with van der Waals surface area (Å²) in [4.78, 5) is 0.526. The summed E-state index contributed by atoms with van der Waals surface area (Å²) in [6.07, 6.45) is 0. The Morgan fingerprint density at radius 2 is 2.25 bits per heavy atom. The van der Waals surface area contributed by atoms with Crippen LogP contribution >= 0.6 is 24.0 Å². The third-order valence-corrected chi connectivity index (χ3v) is 3.02. The molecular formula is C8H7NOS2. The predicted molar refractivity (Wildman–Crippen MR) is 55.2 cm³/mol. The number of nitrogens with two attached hydrogens (primary N) is 1. The summed E-state index contributed by atoms with van der Waals surface area (Å²) in [5.41, 5.74) is 6.39. The molecule has 0 aliphatic rings. The summed E-state index contributed by atoms with van der Waals surface area (Å²) in [5, 5.41) is 12.2. The van der Waals surface area contributed by atoms with Crippen molar-refractivity contribution in [3.8, 4) is 5.75 Å². The van der Waals surface area contributed by atoms with Crippen molar-refractivity contribution in [2.45, 2.75) is 4.90 Å². The Balaban J connectivity index is 2.97. The van der Waals surface area contributed by atoms with Gasteiger partial charge in [0.1, 0.15) is 5.75 Å². The molecule has 0 atom stereocenters. The van der Waals surface area contributed by atoms with Gasteiger partial charge in [0.25, 0.3) is 0 Å². The molecule has 62 valence electrons. The number of benzene rings is 1. The van der Waals surface area contributed by atoms with Gasteiger partial charge in [-0.3, -0.25) is 0 Å². The molecule has 1 heterocycles. The smallest absolute Gasteiger partial charge is 0.137 e. The molecule has 0 bridgehead atoms. The summed E-state index contributed by atoms with van der Waals surface area (Å²) in [7, 11) is 0. The lowest BCUT2D eigenvalue weighted by Gasteiger charge is -2.01. The summed E-state index contributed by atoms with van der Waals surface area (Å²) in [5.74, 6) is 0.212. The highest BCUT2D eigenvalue weighted by Gasteiger charge is 2.07. The molecular weight excluding hydrogens is 190 g/mol. The van der Waals surface area contributed by atoms with Gasteiger partial charge >= 0.3 is 0 Å². The number of anilines is 1. The maximum Gasteiger partial charge on any atom is 0.137 e. The zero-order valence-corrected chi connectivity index (χ0v) is 7.82. The van der Waals surface area contributed by atoms with Crippen LogP contribution in [0.15, 0.2) is 22.4 Å². The summed E-state index contributed by atoms with van der Waals surface area (Å²) < 4.78 is 0.922. The van der Waals surface area contributed by atoms with Crippen LogP contribution in [0.2, 0.25) is 0 Å². The number of thiophene rings is 1. The highest BCUT2D eigenvalue weighted by Crippen LogP contribution is 2.37. The van der Waals surface area contributed by atoms with Gasteiger partial charge in [-0.05, 0) is 17.5 Å². The Labute approximate surface area is 79.0 Å². The van der Waals surface area contributed by atoms with E-state index >= 15 is 0 Å². The molecule has 3 N–H and O–H groups in total. The maximum atomic E-state index is 9.55. The third-order valence-electron chi connectivity index (χ3n) is 1.72. The fraction of sp³-hybridized carbons (Fsp3) is 0. The Hall–Kier alpha value is -0.870. The number of phenolic OH excluding ortho intramolecular Hbond substituents is 1. The van der Waals surface area contributed by atoms with E-state index in [1.54, 1.807) is 6.07 Å². The number of thiol groups is 1. The van der Waals surface area contributed by atoms with E-state index in [1.165, 1.54) is 11.3 Å². The van der Waals surface area contributed by atoms with Gasteiger partial charge < -0.3 is 10.8 Å². The van der Waals surface area contributed by atoms with Crippen LogP contribution in [0, 0.1) is 0 Å². The van der Waals surface area contributed by atoms with E-state index in [0.717, 1.165) is 10.1 Å². The van der Waals surface area contributed by atoms with Gasteiger partial charge in [-0.1, -0.05) is 0 Å². The number of aromatic hydroxyl groups is 1. The second kappa shape index (κ2) is 2.57. The van der Waals surface area contributed by atoms with Crippen molar-refractivity contribution in [1.82, 2.24) is 0 Å². The number of rotatable bonds is 0. The number of hydrogen-bond donors (Lipinski definition) is 3. The second-order valence-corrected chi connectivity index (χ2v) is 3.89. The third kappa shape index (κ3) is 0.956. The van der Waals surface area contributed by atoms with Crippen LogP contribution in [-0.4, -0.2) is 5.11 Å². The minimum Gasteiger partial charge on any atom is -0.506 e. The fourth-order valence-corrected chi connectivity index (χ4v) is 2.22. The van der Waals surface area contributed by atoms with E-state index in [4.69, 9.17) is 5.73 Å². The quantitative estimate of drug-likeness (QED) is 0.345. The Morgan fingerprint density at radius 3 is 3.00 bits per heavy atom. The van der Waals surface area contributed by atoms with Crippen molar-refractivity contribution < 1.29 is 5.11 Å². The Bertz CT molecular complexity index is 436. The van der Waals surface area contributed by atoms with Gasteiger partial charge in [0.05, 0.1) is 10.4 Å². The SMILES string of the molecule is Nc1cc(S)c(O)c2ccsc12. The molecule has 4 heteroatoms. The van der Waals surface area contributed by atoms with Crippen molar-refractivity contribution in [3.05, 3.63) is 17.5 Å². The molecule has 0 aliphatic carbocycles. The molecule has 0 saturated heterocycles. The first-order valence-electron chi connectivity index (χ1n) is 3.38. The number of fused-ring (bicyclic) bond motifs is 1. The van der Waals surface area contributed by atoms with Crippen LogP contribution in [-0.2, 0) is 0 Å². The van der Waals surface area contributed by atoms with Crippen LogP contribution in [0.25, 0.3) is 10.1 Å². The van der Waals surface area contributed by atoms with E-state index in [1.807, 2.05) is 11.4 Å². The van der Waals surface area contributed by atoms with Crippen molar-refractivity contribution in [2.75, 3.05) is 5.73 Å². The average Bonchev–Trinajstić information content (AvgIpc) is 2.48. The predicted octanol–water partition coefficient (Wildman–Crippen LogP) is 2.48. The second-order valence-electron chi connectivity index (χ2n) is 2.50. The van der Waals surface area contributed by atoms with Crippen LogP contribution in [0.5, 0.6) is 5.75 Å². The molecule has 0 amide bonds. The molecule has 0 fully saturated rings. The van der Waals surface area contributed by atoms with E-state index < -0.39 is 0 Å². The maximum absolute atomic E-state index is 9.55. The molecule has 2 aromatic rings. The lowest BCUT2D eigenvalue weighted by atomic mass is 10.2. The summed E-state index contributed by atoms with van der Waals surface area (Å²) in [6.45, 7) is 0. The van der Waals surface area contributed by atoms with Crippen molar-refractivity contribution in [1.29, 1.82) is 0 Å². The first kappa shape index (κ1) is 7.76. The summed E-state index contributed by atoms with van der Waals surface area (Å²) in [6, 6.07) is 3.50. The zero-order chi connectivity index (χ0) is 8.72. The molecule has 12 heavy (non-hydrogen) atoms. The monoisotopic (exact) mass is 197 g/mol. The van der Waals surface area contributed by atoms with Crippen LogP contribution in [0.3, 0.4) is 0 Å². The average molecular weight is 197 g/mol. The van der Waals surface area contributed by atoms with E-state index in [0.29, 0.717) is 10.6 Å². The highest BCUT2D eigenvalue weighted by atomic mass is 32.1. The number of phenols is 1. The number of hydrogen-bond acceptors (Lipinski definition) is 4. The van der Waals surface area contributed by atoms with Gasteiger partial charge in [0, 0.05) is 10.3 Å². The molecule has 0 spiro atoms. The summed E-state index contributed by atoms with van der Waals surface area (Å²) >= 11 is 5.61. The number of nitrogen functional groups attached to an aromatic ring is 1. The van der Waals surface area contributed by atoms with Crippen LogP contribution in [0.4, 0.5) is 5.69 Å². The van der Waals surface area contributed by atoms with Crippen molar-refractivity contribution >= 4 is 39.7 Å². The molecule has 2 nitrogen and oxygen atoms in total. The lowest BCUT2D eigenvalue weighted by Crippen LogP contribution is -1.84. The lowest BCUT2D eigenvalue weighted by molar-refractivity contribution is 0.469. The standard InChI is InChI=1S/C8H7NOS2/c9-5-3-6(11)7(10)4-1-2-12-8(4)5/h1-3,10-11H,9H2. The molecule has 1 aromatic heterocycles. The molecule has 0 unspecified atom stereocenters. The van der Waals surface area contributed by atoms with Gasteiger partial charge in [-0.2, -0.15) is 0 Å². The molecule has 0 radical (unpaired) electrons. The van der Waals surface area contributed by atoms with E-state index in [2.05, 4.69) is 12.6 Å². The molecule has 1 aromatic carbocycles. The van der Waals surface area contributed by atoms with E-state index in [9.17, 15) is 5.11 Å². The van der Waals surface area contributed by atoms with Gasteiger partial charge in [0.15, 0.2) is 0 Å². The molecule has 2 rings (SSSR count). The minimum atomic E-state index is 0.212. The topological polar surface area (TPSA) is 46.2 Å². The van der Waals surface area contributed by atoms with Gasteiger partial charge in [-0.25, -0.2) is 0 Å². The Kier molecular flexibility index (Phi) is 1.66. The highest BCUT2D eigenvalue weighted by molar-refractivity contribution is 7.80. The first-order chi connectivity index (χ1) is 5.70. The van der Waals surface area contributed by atoms with Crippen molar-refractivity contribution in [2.24, 2.45) is 0 Å². The molecule has 0 aliphatic heterocycles. The van der Waals surface area contributed by atoms with Crippen molar-refractivity contribution in [3.63, 3.8) is 0 Å². The minimum absolute atomic E-state index is 0.212. The van der Waals surface area contributed by atoms with Gasteiger partial charge in [0.2, 0.25) is 0 Å². The first-order valence-corrected chi connectivity index (χ1v) is 4.70. The zero-order valence-electron chi connectivity index (χ0n) is 6.11. The largest absolute Gasteiger partial charge is 0.506 e. The normalized spacial score (nSPS) is 10.8. The Morgan fingerprint density at radius 1 is 1.50 bits per heavy atom. The van der Waals surface area contributed by atoms with E-state index in [-0.39, 0.29) is 5.75 Å². The van der Waals surface area contributed by atoms with Crippen LogP contribution in [0.1, 0.15) is 0 Å². The molecule has 0 saturated carbocycles. The van der Waals surface area contributed by atoms with Gasteiger partial charge in [-0.15, -0.1) is 24.0 Å².